The zero-order chi connectivity index (χ0) is 14.5. The van der Waals surface area contributed by atoms with Crippen LogP contribution in [-0.4, -0.2) is 33.2 Å². The van der Waals surface area contributed by atoms with Crippen molar-refractivity contribution in [2.75, 3.05) is 18.0 Å². The first-order chi connectivity index (χ1) is 10.9. The van der Waals surface area contributed by atoms with Gasteiger partial charge < -0.3 is 14.4 Å². The number of para-hydroxylation sites is 2. The van der Waals surface area contributed by atoms with Crippen molar-refractivity contribution in [1.82, 2.24) is 20.1 Å². The summed E-state index contributed by atoms with van der Waals surface area (Å²) in [4.78, 5) is 14.9. The highest BCUT2D eigenvalue weighted by molar-refractivity contribution is 5.77. The Kier molecular flexibility index (Phi) is 2.53. The van der Waals surface area contributed by atoms with Crippen molar-refractivity contribution in [2.45, 2.75) is 31.1 Å². The fraction of sp³-hybridized carbons (Fsp3) is 0.438. The van der Waals surface area contributed by atoms with Gasteiger partial charge in [-0.15, -0.1) is 0 Å². The van der Waals surface area contributed by atoms with Crippen molar-refractivity contribution < 1.29 is 4.52 Å². The number of anilines is 1. The maximum atomic E-state index is 5.47. The van der Waals surface area contributed by atoms with Gasteiger partial charge in [0, 0.05) is 19.0 Å². The molecule has 2 fully saturated rings. The highest BCUT2D eigenvalue weighted by Crippen LogP contribution is 2.39. The number of nitrogens with zero attached hydrogens (tertiary/aromatic N) is 4. The van der Waals surface area contributed by atoms with Crippen LogP contribution in [0.1, 0.15) is 42.8 Å². The van der Waals surface area contributed by atoms with Crippen molar-refractivity contribution in [3.63, 3.8) is 0 Å². The summed E-state index contributed by atoms with van der Waals surface area (Å²) in [6.45, 7) is 1.84. The number of aromatic amines is 1. The molecule has 6 nitrogen and oxygen atoms in total. The molecule has 1 aromatic carbocycles. The van der Waals surface area contributed by atoms with Crippen LogP contribution in [0.4, 0.5) is 5.95 Å². The van der Waals surface area contributed by atoms with E-state index in [0.717, 1.165) is 48.2 Å². The van der Waals surface area contributed by atoms with Gasteiger partial charge in [-0.3, -0.25) is 0 Å². The molecule has 3 heterocycles. The SMILES string of the molecule is c1ccc2[nH]c(N3CC[C@H](c4nc(C5CC5)no4)C3)nc2c1. The summed E-state index contributed by atoms with van der Waals surface area (Å²) in [5, 5.41) is 4.13. The quantitative estimate of drug-likeness (QED) is 0.804. The maximum absolute atomic E-state index is 5.47. The van der Waals surface area contributed by atoms with Gasteiger partial charge in [0.1, 0.15) is 0 Å². The minimum Gasteiger partial charge on any atom is -0.342 e. The van der Waals surface area contributed by atoms with E-state index in [9.17, 15) is 0 Å². The summed E-state index contributed by atoms with van der Waals surface area (Å²) in [7, 11) is 0. The number of hydrogen-bond donors (Lipinski definition) is 1. The first kappa shape index (κ1) is 12.2. The molecular weight excluding hydrogens is 278 g/mol. The van der Waals surface area contributed by atoms with E-state index in [0.29, 0.717) is 11.8 Å². The average Bonchev–Trinajstić information content (AvgIpc) is 2.98. The molecule has 1 aliphatic heterocycles. The smallest absolute Gasteiger partial charge is 0.231 e. The Labute approximate surface area is 127 Å². The van der Waals surface area contributed by atoms with Crippen LogP contribution in [0.5, 0.6) is 0 Å². The lowest BCUT2D eigenvalue weighted by Crippen LogP contribution is -2.20. The molecule has 1 atom stereocenters. The van der Waals surface area contributed by atoms with E-state index in [-0.39, 0.29) is 0 Å². The summed E-state index contributed by atoms with van der Waals surface area (Å²) in [6.07, 6.45) is 3.44. The van der Waals surface area contributed by atoms with Gasteiger partial charge in [-0.05, 0) is 31.4 Å². The van der Waals surface area contributed by atoms with Gasteiger partial charge in [-0.1, -0.05) is 17.3 Å². The number of hydrogen-bond acceptors (Lipinski definition) is 5. The van der Waals surface area contributed by atoms with Crippen molar-refractivity contribution in [3.05, 3.63) is 36.0 Å². The largest absolute Gasteiger partial charge is 0.342 e. The molecule has 1 N–H and O–H groups in total. The summed E-state index contributed by atoms with van der Waals surface area (Å²) >= 11 is 0. The Hall–Kier alpha value is -2.37. The minimum absolute atomic E-state index is 0.313. The molecule has 1 saturated carbocycles. The zero-order valence-electron chi connectivity index (χ0n) is 12.2. The minimum atomic E-state index is 0.313. The van der Waals surface area contributed by atoms with Gasteiger partial charge in [0.2, 0.25) is 11.8 Å². The molecule has 0 amide bonds. The number of imidazole rings is 1. The highest BCUT2D eigenvalue weighted by atomic mass is 16.5. The first-order valence-electron chi connectivity index (χ1n) is 7.90. The molecule has 0 spiro atoms. The van der Waals surface area contributed by atoms with Gasteiger partial charge in [-0.25, -0.2) is 4.98 Å². The number of aromatic nitrogens is 4. The Morgan fingerprint density at radius 2 is 2.00 bits per heavy atom. The molecule has 1 saturated heterocycles. The lowest BCUT2D eigenvalue weighted by atomic mass is 10.1. The van der Waals surface area contributed by atoms with Crippen LogP contribution in [0.25, 0.3) is 11.0 Å². The van der Waals surface area contributed by atoms with Crippen molar-refractivity contribution in [2.24, 2.45) is 0 Å². The second-order valence-corrected chi connectivity index (χ2v) is 6.27. The Morgan fingerprint density at radius 1 is 1.09 bits per heavy atom. The van der Waals surface area contributed by atoms with Gasteiger partial charge in [0.05, 0.1) is 17.0 Å². The van der Waals surface area contributed by atoms with Crippen molar-refractivity contribution in [3.8, 4) is 0 Å². The third kappa shape index (κ3) is 1.98. The fourth-order valence-corrected chi connectivity index (χ4v) is 3.16. The van der Waals surface area contributed by atoms with Gasteiger partial charge in [0.25, 0.3) is 0 Å². The Morgan fingerprint density at radius 3 is 2.86 bits per heavy atom. The standard InChI is InChI=1S/C16H17N5O/c1-2-4-13-12(3-1)17-16(18-13)21-8-7-11(9-21)15-19-14(20-22-15)10-5-6-10/h1-4,10-11H,5-9H2,(H,17,18)/t11-/m0/s1. The lowest BCUT2D eigenvalue weighted by Gasteiger charge is -2.13. The molecule has 112 valence electrons. The van der Waals surface area contributed by atoms with Gasteiger partial charge >= 0.3 is 0 Å². The first-order valence-corrected chi connectivity index (χ1v) is 7.90. The predicted octanol–water partition coefficient (Wildman–Crippen LogP) is 2.82. The van der Waals surface area contributed by atoms with Gasteiger partial charge in [-0.2, -0.15) is 4.98 Å². The highest BCUT2D eigenvalue weighted by Gasteiger charge is 2.33. The van der Waals surface area contributed by atoms with Crippen LogP contribution >= 0.6 is 0 Å². The lowest BCUT2D eigenvalue weighted by molar-refractivity contribution is 0.355. The molecule has 2 aliphatic rings. The van der Waals surface area contributed by atoms with Crippen LogP contribution in [0.15, 0.2) is 28.8 Å². The molecule has 2 aromatic heterocycles. The van der Waals surface area contributed by atoms with Crippen molar-refractivity contribution in [1.29, 1.82) is 0 Å². The summed E-state index contributed by atoms with van der Waals surface area (Å²) in [6, 6.07) is 8.12. The zero-order valence-corrected chi connectivity index (χ0v) is 12.2. The van der Waals surface area contributed by atoms with E-state index in [4.69, 9.17) is 4.52 Å². The van der Waals surface area contributed by atoms with E-state index >= 15 is 0 Å². The van der Waals surface area contributed by atoms with Gasteiger partial charge in [0.15, 0.2) is 5.82 Å². The topological polar surface area (TPSA) is 70.8 Å². The van der Waals surface area contributed by atoms with Crippen molar-refractivity contribution >= 4 is 17.0 Å². The Balaban J connectivity index is 1.37. The number of fused-ring (bicyclic) bond motifs is 1. The monoisotopic (exact) mass is 295 g/mol. The number of benzene rings is 1. The summed E-state index contributed by atoms with van der Waals surface area (Å²) in [5.41, 5.74) is 2.09. The van der Waals surface area contributed by atoms with Crippen LogP contribution < -0.4 is 4.90 Å². The van der Waals surface area contributed by atoms with E-state index < -0.39 is 0 Å². The van der Waals surface area contributed by atoms with Crippen LogP contribution in [0, 0.1) is 0 Å². The van der Waals surface area contributed by atoms with E-state index in [1.165, 1.54) is 12.8 Å². The van der Waals surface area contributed by atoms with E-state index in [1.54, 1.807) is 0 Å². The molecule has 0 bridgehead atoms. The molecular formula is C16H17N5O. The maximum Gasteiger partial charge on any atom is 0.231 e. The van der Waals surface area contributed by atoms with Crippen LogP contribution in [0.2, 0.25) is 0 Å². The molecule has 5 rings (SSSR count). The summed E-state index contributed by atoms with van der Waals surface area (Å²) < 4.78 is 5.47. The third-order valence-electron chi connectivity index (χ3n) is 4.61. The Bertz CT molecular complexity index is 786. The predicted molar refractivity (Wildman–Crippen MR) is 81.9 cm³/mol. The molecule has 0 radical (unpaired) electrons. The second-order valence-electron chi connectivity index (χ2n) is 6.27. The molecule has 22 heavy (non-hydrogen) atoms. The average molecular weight is 295 g/mol. The van der Waals surface area contributed by atoms with Crippen LogP contribution in [0.3, 0.4) is 0 Å². The number of H-pyrrole nitrogens is 1. The molecule has 6 heteroatoms. The molecule has 0 unspecified atom stereocenters. The second kappa shape index (κ2) is 4.56. The molecule has 3 aromatic rings. The normalized spacial score (nSPS) is 21.8. The number of nitrogens with one attached hydrogen (secondary N) is 1. The number of rotatable bonds is 3. The third-order valence-corrected chi connectivity index (χ3v) is 4.61. The van der Waals surface area contributed by atoms with E-state index in [2.05, 4.69) is 31.1 Å². The van der Waals surface area contributed by atoms with Crippen LogP contribution in [-0.2, 0) is 0 Å². The molecule has 1 aliphatic carbocycles. The summed E-state index contributed by atoms with van der Waals surface area (Å²) in [5.74, 6) is 3.49. The fourth-order valence-electron chi connectivity index (χ4n) is 3.16. The van der Waals surface area contributed by atoms with E-state index in [1.807, 2.05) is 18.2 Å².